The third-order valence-electron chi connectivity index (χ3n) is 5.98. The van der Waals surface area contributed by atoms with Crippen LogP contribution >= 0.6 is 0 Å². The molecule has 10 heteroatoms. The quantitative estimate of drug-likeness (QED) is 0.620. The van der Waals surface area contributed by atoms with Crippen LogP contribution in [-0.4, -0.2) is 69.2 Å². The monoisotopic (exact) mass is 425 g/mol. The molecule has 0 spiro atoms. The van der Waals surface area contributed by atoms with Gasteiger partial charge in [-0.05, 0) is 31.0 Å². The van der Waals surface area contributed by atoms with E-state index in [2.05, 4.69) is 15.0 Å². The van der Waals surface area contributed by atoms with Crippen LogP contribution < -0.4 is 15.5 Å². The van der Waals surface area contributed by atoms with Crippen molar-refractivity contribution in [2.75, 3.05) is 49.1 Å². The van der Waals surface area contributed by atoms with Crippen LogP contribution in [0.3, 0.4) is 0 Å². The van der Waals surface area contributed by atoms with Gasteiger partial charge in [0, 0.05) is 45.5 Å². The van der Waals surface area contributed by atoms with Gasteiger partial charge in [0.25, 0.3) is 5.78 Å². The Kier molecular flexibility index (Phi) is 5.05. The number of amides is 1. The zero-order valence-corrected chi connectivity index (χ0v) is 17.2. The fourth-order valence-electron chi connectivity index (χ4n) is 4.25. The van der Waals surface area contributed by atoms with Gasteiger partial charge >= 0.3 is 5.69 Å². The van der Waals surface area contributed by atoms with Gasteiger partial charge < -0.3 is 14.7 Å². The van der Waals surface area contributed by atoms with E-state index >= 15 is 0 Å². The summed E-state index contributed by atoms with van der Waals surface area (Å²) in [5.41, 5.74) is 0.167. The number of rotatable bonds is 4. The molecule has 0 radical (unpaired) electrons. The molecule has 0 unspecified atom stereocenters. The first-order valence-electron chi connectivity index (χ1n) is 10.6. The SMILES string of the molecule is O=C(Cn1nc2nc(N3CCCC3)ccn2c1=O)N1CCN(c2ccccc2F)CC1. The standard InChI is InChI=1S/C21H24FN7O2/c22-16-5-1-2-6-17(16)25-11-13-27(14-12-25)19(30)15-29-21(31)28-10-7-18(23-20(28)24-29)26-8-3-4-9-26/h1-2,5-7,10H,3-4,8-9,11-15H2. The molecule has 0 N–H and O–H groups in total. The third-order valence-corrected chi connectivity index (χ3v) is 5.98. The second kappa shape index (κ2) is 8.01. The van der Waals surface area contributed by atoms with Crippen molar-refractivity contribution < 1.29 is 9.18 Å². The smallest absolute Gasteiger partial charge is 0.352 e. The molecule has 0 bridgehead atoms. The summed E-state index contributed by atoms with van der Waals surface area (Å²) in [4.78, 5) is 35.7. The van der Waals surface area contributed by atoms with Gasteiger partial charge in [-0.2, -0.15) is 4.98 Å². The summed E-state index contributed by atoms with van der Waals surface area (Å²) in [7, 11) is 0. The number of benzene rings is 1. The number of aromatic nitrogens is 4. The Labute approximate surface area is 178 Å². The van der Waals surface area contributed by atoms with Crippen molar-refractivity contribution in [3.8, 4) is 0 Å². The minimum atomic E-state index is -0.381. The van der Waals surface area contributed by atoms with Gasteiger partial charge in [0.1, 0.15) is 18.2 Å². The number of carbonyl (C=O) groups excluding carboxylic acids is 1. The summed E-state index contributed by atoms with van der Waals surface area (Å²) in [5, 5.41) is 4.28. The summed E-state index contributed by atoms with van der Waals surface area (Å²) in [5.74, 6) is 0.655. The molecular weight excluding hydrogens is 401 g/mol. The molecule has 1 aromatic carbocycles. The summed E-state index contributed by atoms with van der Waals surface area (Å²) in [6.45, 7) is 3.76. The fraction of sp³-hybridized carbons (Fsp3) is 0.429. The first kappa shape index (κ1) is 19.5. The Bertz CT molecular complexity index is 1160. The summed E-state index contributed by atoms with van der Waals surface area (Å²) < 4.78 is 16.5. The van der Waals surface area contributed by atoms with Crippen molar-refractivity contribution >= 4 is 23.2 Å². The Morgan fingerprint density at radius 2 is 1.71 bits per heavy atom. The average Bonchev–Trinajstić information content (AvgIpc) is 3.43. The predicted molar refractivity (Wildman–Crippen MR) is 114 cm³/mol. The lowest BCUT2D eigenvalue weighted by Gasteiger charge is -2.36. The Hall–Kier alpha value is -3.43. The molecule has 0 saturated carbocycles. The van der Waals surface area contributed by atoms with Crippen molar-refractivity contribution in [2.24, 2.45) is 0 Å². The molecule has 2 aliphatic rings. The normalized spacial score (nSPS) is 17.0. The van der Waals surface area contributed by atoms with Crippen molar-refractivity contribution in [3.05, 3.63) is 52.8 Å². The van der Waals surface area contributed by atoms with Gasteiger partial charge in [-0.1, -0.05) is 12.1 Å². The van der Waals surface area contributed by atoms with Crippen LogP contribution in [0.25, 0.3) is 5.78 Å². The van der Waals surface area contributed by atoms with E-state index in [-0.39, 0.29) is 24.0 Å². The van der Waals surface area contributed by atoms with Gasteiger partial charge in [-0.25, -0.2) is 18.3 Å². The summed E-state index contributed by atoms with van der Waals surface area (Å²) in [6.07, 6.45) is 3.93. The van der Waals surface area contributed by atoms with Gasteiger partial charge in [0.2, 0.25) is 5.91 Å². The van der Waals surface area contributed by atoms with Crippen LogP contribution in [0.15, 0.2) is 41.3 Å². The van der Waals surface area contributed by atoms with Crippen molar-refractivity contribution in [1.82, 2.24) is 24.1 Å². The molecule has 31 heavy (non-hydrogen) atoms. The van der Waals surface area contributed by atoms with Gasteiger partial charge in [-0.3, -0.25) is 4.79 Å². The fourth-order valence-corrected chi connectivity index (χ4v) is 4.25. The topological polar surface area (TPSA) is 79.0 Å². The maximum absolute atomic E-state index is 14.0. The molecule has 2 aliphatic heterocycles. The minimum absolute atomic E-state index is 0.138. The first-order chi connectivity index (χ1) is 15.1. The molecule has 0 atom stereocenters. The zero-order valence-electron chi connectivity index (χ0n) is 17.2. The number of para-hydroxylation sites is 1. The summed E-state index contributed by atoms with van der Waals surface area (Å²) in [6, 6.07) is 8.46. The van der Waals surface area contributed by atoms with Crippen LogP contribution in [0.4, 0.5) is 15.9 Å². The highest BCUT2D eigenvalue weighted by Crippen LogP contribution is 2.20. The lowest BCUT2D eigenvalue weighted by Crippen LogP contribution is -2.50. The van der Waals surface area contributed by atoms with E-state index in [9.17, 15) is 14.0 Å². The number of piperazine rings is 1. The first-order valence-corrected chi connectivity index (χ1v) is 10.6. The Morgan fingerprint density at radius 1 is 0.968 bits per heavy atom. The van der Waals surface area contributed by atoms with Crippen LogP contribution in [0, 0.1) is 5.82 Å². The van der Waals surface area contributed by atoms with Crippen LogP contribution in [-0.2, 0) is 11.3 Å². The zero-order chi connectivity index (χ0) is 21.4. The molecule has 9 nitrogen and oxygen atoms in total. The maximum Gasteiger partial charge on any atom is 0.352 e. The van der Waals surface area contributed by atoms with Crippen molar-refractivity contribution in [3.63, 3.8) is 0 Å². The lowest BCUT2D eigenvalue weighted by atomic mass is 10.2. The molecule has 2 aromatic heterocycles. The van der Waals surface area contributed by atoms with E-state index in [1.54, 1.807) is 29.3 Å². The summed E-state index contributed by atoms with van der Waals surface area (Å²) >= 11 is 0. The highest BCUT2D eigenvalue weighted by atomic mass is 19.1. The number of halogens is 1. The molecular formula is C21H24FN7O2. The van der Waals surface area contributed by atoms with E-state index in [4.69, 9.17) is 0 Å². The van der Waals surface area contributed by atoms with E-state index in [0.29, 0.717) is 37.6 Å². The third kappa shape index (κ3) is 3.73. The molecule has 5 rings (SSSR count). The lowest BCUT2D eigenvalue weighted by molar-refractivity contribution is -0.132. The van der Waals surface area contributed by atoms with E-state index in [1.807, 2.05) is 11.0 Å². The highest BCUT2D eigenvalue weighted by Gasteiger charge is 2.24. The Morgan fingerprint density at radius 3 is 2.45 bits per heavy atom. The minimum Gasteiger partial charge on any atom is -0.366 e. The Balaban J connectivity index is 1.26. The van der Waals surface area contributed by atoms with E-state index in [1.165, 1.54) is 15.1 Å². The molecule has 0 aliphatic carbocycles. The second-order valence-electron chi connectivity index (χ2n) is 7.91. The number of nitrogens with zero attached hydrogens (tertiary/aromatic N) is 7. The molecule has 4 heterocycles. The second-order valence-corrected chi connectivity index (χ2v) is 7.91. The van der Waals surface area contributed by atoms with Crippen molar-refractivity contribution in [2.45, 2.75) is 19.4 Å². The predicted octanol–water partition coefficient (Wildman–Crippen LogP) is 0.979. The molecule has 162 valence electrons. The van der Waals surface area contributed by atoms with E-state index in [0.717, 1.165) is 31.7 Å². The molecule has 1 amide bonds. The molecule has 2 fully saturated rings. The average molecular weight is 425 g/mol. The molecule has 2 saturated heterocycles. The van der Waals surface area contributed by atoms with Crippen molar-refractivity contribution in [1.29, 1.82) is 0 Å². The number of anilines is 2. The van der Waals surface area contributed by atoms with E-state index < -0.39 is 0 Å². The largest absolute Gasteiger partial charge is 0.366 e. The van der Waals surface area contributed by atoms with Crippen LogP contribution in [0.2, 0.25) is 0 Å². The van der Waals surface area contributed by atoms with Crippen LogP contribution in [0.1, 0.15) is 12.8 Å². The number of hydrogen-bond acceptors (Lipinski definition) is 6. The number of hydrogen-bond donors (Lipinski definition) is 0. The molecule has 3 aromatic rings. The van der Waals surface area contributed by atoms with Crippen LogP contribution in [0.5, 0.6) is 0 Å². The number of carbonyl (C=O) groups is 1. The van der Waals surface area contributed by atoms with Gasteiger partial charge in [0.15, 0.2) is 0 Å². The maximum atomic E-state index is 14.0. The highest BCUT2D eigenvalue weighted by molar-refractivity contribution is 5.76. The number of fused-ring (bicyclic) bond motifs is 1. The van der Waals surface area contributed by atoms with Gasteiger partial charge in [-0.15, -0.1) is 5.10 Å². The van der Waals surface area contributed by atoms with Gasteiger partial charge in [0.05, 0.1) is 5.69 Å².